The monoisotopic (exact) mass is 261 g/mol. The number of carbonyl (C=O) groups excluding carboxylic acids is 3. The Bertz CT molecular complexity index is 538. The van der Waals surface area contributed by atoms with Crippen molar-refractivity contribution in [3.05, 3.63) is 35.4 Å². The van der Waals surface area contributed by atoms with Gasteiger partial charge in [-0.15, -0.1) is 0 Å². The Kier molecular flexibility index (Phi) is 3.64. The van der Waals surface area contributed by atoms with Crippen molar-refractivity contribution in [2.45, 2.75) is 32.9 Å². The summed E-state index contributed by atoms with van der Waals surface area (Å²) in [7, 11) is 0. The van der Waals surface area contributed by atoms with Crippen molar-refractivity contribution in [3.63, 3.8) is 0 Å². The molecule has 0 fully saturated rings. The van der Waals surface area contributed by atoms with Gasteiger partial charge in [0, 0.05) is 24.5 Å². The fourth-order valence-corrected chi connectivity index (χ4v) is 2.13. The smallest absolute Gasteiger partial charge is 0.304 e. The first-order valence-electron chi connectivity index (χ1n) is 6.18. The standard InChI is InChI=1S/C14H15NO4/c1-3-6-12(17)15-13(18)10-7-4-5-8-11(10)14(15)19-9(2)16/h4-5,7-8,14H,3,6H2,1-2H3/t14-/m1/s1. The highest BCUT2D eigenvalue weighted by atomic mass is 16.6. The van der Waals surface area contributed by atoms with E-state index in [1.807, 2.05) is 6.92 Å². The molecule has 100 valence electrons. The molecular weight excluding hydrogens is 246 g/mol. The van der Waals surface area contributed by atoms with Gasteiger partial charge in [0.1, 0.15) is 0 Å². The number of amides is 2. The van der Waals surface area contributed by atoms with Crippen LogP contribution in [0, 0.1) is 0 Å². The fraction of sp³-hybridized carbons (Fsp3) is 0.357. The van der Waals surface area contributed by atoms with E-state index in [2.05, 4.69) is 0 Å². The van der Waals surface area contributed by atoms with Gasteiger partial charge < -0.3 is 4.74 Å². The van der Waals surface area contributed by atoms with E-state index in [9.17, 15) is 14.4 Å². The molecule has 0 N–H and O–H groups in total. The summed E-state index contributed by atoms with van der Waals surface area (Å²) in [6, 6.07) is 6.79. The molecule has 1 atom stereocenters. The van der Waals surface area contributed by atoms with Gasteiger partial charge in [-0.05, 0) is 12.5 Å². The first kappa shape index (κ1) is 13.3. The van der Waals surface area contributed by atoms with Crippen LogP contribution >= 0.6 is 0 Å². The van der Waals surface area contributed by atoms with Crippen LogP contribution in [0.15, 0.2) is 24.3 Å². The molecular formula is C14H15NO4. The lowest BCUT2D eigenvalue weighted by Crippen LogP contribution is -2.36. The third kappa shape index (κ3) is 2.36. The van der Waals surface area contributed by atoms with Gasteiger partial charge in [-0.3, -0.25) is 14.4 Å². The zero-order valence-corrected chi connectivity index (χ0v) is 10.9. The van der Waals surface area contributed by atoms with Crippen LogP contribution in [0.25, 0.3) is 0 Å². The molecule has 1 aliphatic heterocycles. The average Bonchev–Trinajstić information content (AvgIpc) is 2.63. The van der Waals surface area contributed by atoms with Gasteiger partial charge in [0.2, 0.25) is 12.1 Å². The maximum atomic E-state index is 12.2. The summed E-state index contributed by atoms with van der Waals surface area (Å²) in [6.07, 6.45) is -0.0521. The van der Waals surface area contributed by atoms with Crippen LogP contribution in [-0.2, 0) is 14.3 Å². The third-order valence-electron chi connectivity index (χ3n) is 2.92. The van der Waals surface area contributed by atoms with Gasteiger partial charge in [-0.2, -0.15) is 0 Å². The first-order chi connectivity index (χ1) is 9.06. The van der Waals surface area contributed by atoms with Gasteiger partial charge in [0.15, 0.2) is 0 Å². The Morgan fingerprint density at radius 2 is 2.00 bits per heavy atom. The van der Waals surface area contributed by atoms with Crippen molar-refractivity contribution >= 4 is 17.8 Å². The largest absolute Gasteiger partial charge is 0.437 e. The summed E-state index contributed by atoms with van der Waals surface area (Å²) in [5.74, 6) is -1.25. The molecule has 0 aromatic heterocycles. The number of nitrogens with zero attached hydrogens (tertiary/aromatic N) is 1. The molecule has 1 aromatic carbocycles. The van der Waals surface area contributed by atoms with Crippen molar-refractivity contribution < 1.29 is 19.1 Å². The molecule has 0 aliphatic carbocycles. The van der Waals surface area contributed by atoms with E-state index < -0.39 is 18.1 Å². The number of imide groups is 1. The van der Waals surface area contributed by atoms with Gasteiger partial charge in [-0.25, -0.2) is 4.90 Å². The minimum atomic E-state index is -0.930. The molecule has 1 aliphatic rings. The van der Waals surface area contributed by atoms with Crippen LogP contribution in [0.5, 0.6) is 0 Å². The normalized spacial score (nSPS) is 17.3. The summed E-state index contributed by atoms with van der Waals surface area (Å²) in [4.78, 5) is 36.5. The van der Waals surface area contributed by atoms with E-state index in [-0.39, 0.29) is 12.3 Å². The highest BCUT2D eigenvalue weighted by molar-refractivity contribution is 6.08. The molecule has 0 bridgehead atoms. The summed E-state index contributed by atoms with van der Waals surface area (Å²) in [5, 5.41) is 0. The molecule has 19 heavy (non-hydrogen) atoms. The van der Waals surface area contributed by atoms with Crippen molar-refractivity contribution in [2.24, 2.45) is 0 Å². The Morgan fingerprint density at radius 3 is 2.63 bits per heavy atom. The average molecular weight is 261 g/mol. The van der Waals surface area contributed by atoms with E-state index in [0.29, 0.717) is 17.5 Å². The van der Waals surface area contributed by atoms with E-state index in [1.54, 1.807) is 24.3 Å². The molecule has 1 aromatic rings. The lowest BCUT2D eigenvalue weighted by molar-refractivity contribution is -0.158. The van der Waals surface area contributed by atoms with Crippen molar-refractivity contribution in [2.75, 3.05) is 0 Å². The maximum Gasteiger partial charge on any atom is 0.304 e. The Balaban J connectivity index is 2.40. The second-order valence-corrected chi connectivity index (χ2v) is 4.37. The van der Waals surface area contributed by atoms with Gasteiger partial charge in [0.25, 0.3) is 5.91 Å². The van der Waals surface area contributed by atoms with Crippen LogP contribution in [0.3, 0.4) is 0 Å². The number of rotatable bonds is 3. The predicted molar refractivity (Wildman–Crippen MR) is 67.0 cm³/mol. The highest BCUT2D eigenvalue weighted by Crippen LogP contribution is 2.35. The number of esters is 1. The van der Waals surface area contributed by atoms with E-state index in [0.717, 1.165) is 4.90 Å². The number of hydrogen-bond acceptors (Lipinski definition) is 4. The maximum absolute atomic E-state index is 12.2. The molecule has 2 rings (SSSR count). The van der Waals surface area contributed by atoms with Crippen LogP contribution in [0.2, 0.25) is 0 Å². The minimum absolute atomic E-state index is 0.248. The van der Waals surface area contributed by atoms with Crippen molar-refractivity contribution in [1.29, 1.82) is 0 Å². The number of ether oxygens (including phenoxy) is 1. The quantitative estimate of drug-likeness (QED) is 0.781. The van der Waals surface area contributed by atoms with Gasteiger partial charge >= 0.3 is 5.97 Å². The Morgan fingerprint density at radius 1 is 1.32 bits per heavy atom. The topological polar surface area (TPSA) is 63.7 Å². The summed E-state index contributed by atoms with van der Waals surface area (Å²) >= 11 is 0. The third-order valence-corrected chi connectivity index (χ3v) is 2.92. The summed E-state index contributed by atoms with van der Waals surface area (Å²) < 4.78 is 5.13. The van der Waals surface area contributed by atoms with E-state index >= 15 is 0 Å². The lowest BCUT2D eigenvalue weighted by Gasteiger charge is -2.22. The fourth-order valence-electron chi connectivity index (χ4n) is 2.13. The first-order valence-corrected chi connectivity index (χ1v) is 6.18. The van der Waals surface area contributed by atoms with Crippen LogP contribution in [-0.4, -0.2) is 22.7 Å². The molecule has 0 saturated carbocycles. The van der Waals surface area contributed by atoms with Crippen molar-refractivity contribution in [3.8, 4) is 0 Å². The molecule has 0 spiro atoms. The number of carbonyl (C=O) groups is 3. The van der Waals surface area contributed by atoms with Crippen LogP contribution < -0.4 is 0 Å². The zero-order chi connectivity index (χ0) is 14.0. The number of hydrogen-bond donors (Lipinski definition) is 0. The molecule has 0 radical (unpaired) electrons. The van der Waals surface area contributed by atoms with Crippen molar-refractivity contribution in [1.82, 2.24) is 4.90 Å². The molecule has 0 unspecified atom stereocenters. The Labute approximate surface area is 111 Å². The van der Waals surface area contributed by atoms with Gasteiger partial charge in [-0.1, -0.05) is 25.1 Å². The highest BCUT2D eigenvalue weighted by Gasteiger charge is 2.41. The summed E-state index contributed by atoms with van der Waals surface area (Å²) in [5.41, 5.74) is 0.977. The molecule has 2 amide bonds. The SMILES string of the molecule is CCCC(=O)N1C(=O)c2ccccc2[C@H]1OC(C)=O. The molecule has 5 heteroatoms. The second kappa shape index (κ2) is 5.22. The van der Waals surface area contributed by atoms with Gasteiger partial charge in [0.05, 0.1) is 0 Å². The number of benzene rings is 1. The molecule has 1 heterocycles. The Hall–Kier alpha value is -2.17. The number of fused-ring (bicyclic) bond motifs is 1. The van der Waals surface area contributed by atoms with Crippen LogP contribution in [0.4, 0.5) is 0 Å². The second-order valence-electron chi connectivity index (χ2n) is 4.37. The molecule has 5 nitrogen and oxygen atoms in total. The summed E-state index contributed by atoms with van der Waals surface area (Å²) in [6.45, 7) is 3.11. The van der Waals surface area contributed by atoms with E-state index in [4.69, 9.17) is 4.74 Å². The van der Waals surface area contributed by atoms with Crippen LogP contribution in [0.1, 0.15) is 48.8 Å². The molecule has 0 saturated heterocycles. The zero-order valence-electron chi connectivity index (χ0n) is 10.9. The minimum Gasteiger partial charge on any atom is -0.437 e. The lowest BCUT2D eigenvalue weighted by atomic mass is 10.1. The predicted octanol–water partition coefficient (Wildman–Crippen LogP) is 2.03. The van der Waals surface area contributed by atoms with E-state index in [1.165, 1.54) is 6.92 Å².